The molecule has 2 N–H and O–H groups in total. The predicted molar refractivity (Wildman–Crippen MR) is 94.2 cm³/mol. The fourth-order valence-electron chi connectivity index (χ4n) is 3.30. The molecule has 8 heteroatoms. The average molecular weight is 369 g/mol. The van der Waals surface area contributed by atoms with E-state index in [1.807, 2.05) is 0 Å². The van der Waals surface area contributed by atoms with Gasteiger partial charge >= 0.3 is 0 Å². The number of nitrogens with zero attached hydrogens (tertiary/aromatic N) is 2. The molecule has 2 aliphatic heterocycles. The van der Waals surface area contributed by atoms with Crippen molar-refractivity contribution in [3.8, 4) is 0 Å². The minimum Gasteiger partial charge on any atom is -0.314 e. The zero-order valence-electron chi connectivity index (χ0n) is 13.0. The Morgan fingerprint density at radius 1 is 1.46 bits per heavy atom. The topological polar surface area (TPSA) is 57.3 Å². The van der Waals surface area contributed by atoms with Crippen molar-refractivity contribution >= 4 is 44.2 Å². The minimum absolute atomic E-state index is 0.0115. The van der Waals surface area contributed by atoms with Crippen LogP contribution < -0.4 is 10.6 Å². The van der Waals surface area contributed by atoms with Gasteiger partial charge in [0.05, 0.1) is 15.6 Å². The van der Waals surface area contributed by atoms with E-state index in [2.05, 4.69) is 20.5 Å². The van der Waals surface area contributed by atoms with E-state index < -0.39 is 5.82 Å². The van der Waals surface area contributed by atoms with Gasteiger partial charge in [-0.2, -0.15) is 0 Å². The van der Waals surface area contributed by atoms with E-state index in [1.165, 1.54) is 23.5 Å². The first-order valence-electron chi connectivity index (χ1n) is 8.11. The summed E-state index contributed by atoms with van der Waals surface area (Å²) in [5.41, 5.74) is 0.532. The van der Waals surface area contributed by atoms with Gasteiger partial charge in [-0.1, -0.05) is 22.9 Å². The monoisotopic (exact) mass is 368 g/mol. The van der Waals surface area contributed by atoms with Crippen LogP contribution in [0, 0.1) is 11.7 Å². The van der Waals surface area contributed by atoms with Crippen LogP contribution in [-0.4, -0.2) is 48.0 Å². The SMILES string of the molecule is O=C(Nc1nc2c(Cl)cc(F)cc2s1)C1CCCN(C2CNC2)C1. The zero-order chi connectivity index (χ0) is 16.7. The number of amides is 1. The Bertz CT molecular complexity index is 779. The van der Waals surface area contributed by atoms with Crippen molar-refractivity contribution in [1.82, 2.24) is 15.2 Å². The second-order valence-electron chi connectivity index (χ2n) is 6.39. The van der Waals surface area contributed by atoms with Crippen LogP contribution in [0.3, 0.4) is 0 Å². The number of anilines is 1. The van der Waals surface area contributed by atoms with Gasteiger partial charge in [0.15, 0.2) is 5.13 Å². The number of hydrogen-bond donors (Lipinski definition) is 2. The Hall–Kier alpha value is -1.28. The summed E-state index contributed by atoms with van der Waals surface area (Å²) >= 11 is 7.27. The van der Waals surface area contributed by atoms with Crippen LogP contribution in [0.1, 0.15) is 12.8 Å². The number of fused-ring (bicyclic) bond motifs is 1. The highest BCUT2D eigenvalue weighted by Crippen LogP contribution is 2.32. The summed E-state index contributed by atoms with van der Waals surface area (Å²) in [7, 11) is 0. The first kappa shape index (κ1) is 16.2. The highest BCUT2D eigenvalue weighted by molar-refractivity contribution is 7.22. The first-order valence-corrected chi connectivity index (χ1v) is 9.31. The third kappa shape index (κ3) is 3.13. The van der Waals surface area contributed by atoms with Crippen LogP contribution in [-0.2, 0) is 4.79 Å². The van der Waals surface area contributed by atoms with E-state index in [9.17, 15) is 9.18 Å². The van der Waals surface area contributed by atoms with Crippen molar-refractivity contribution < 1.29 is 9.18 Å². The number of carbonyl (C=O) groups is 1. The number of piperidine rings is 1. The van der Waals surface area contributed by atoms with Crippen molar-refractivity contribution in [2.45, 2.75) is 18.9 Å². The van der Waals surface area contributed by atoms with Crippen molar-refractivity contribution in [3.05, 3.63) is 23.0 Å². The summed E-state index contributed by atoms with van der Waals surface area (Å²) in [4.78, 5) is 19.3. The number of carbonyl (C=O) groups excluding carboxylic acids is 1. The number of rotatable bonds is 3. The first-order chi connectivity index (χ1) is 11.6. The van der Waals surface area contributed by atoms with Gasteiger partial charge in [0.25, 0.3) is 0 Å². The van der Waals surface area contributed by atoms with Crippen LogP contribution in [0.15, 0.2) is 12.1 Å². The third-order valence-corrected chi connectivity index (χ3v) is 5.95. The molecule has 2 aromatic rings. The molecule has 1 amide bonds. The molecule has 1 aromatic heterocycles. The molecule has 128 valence electrons. The van der Waals surface area contributed by atoms with Crippen molar-refractivity contribution in [3.63, 3.8) is 0 Å². The molecule has 0 aliphatic carbocycles. The second-order valence-corrected chi connectivity index (χ2v) is 7.83. The Labute approximate surface area is 148 Å². The number of halogens is 2. The predicted octanol–water partition coefficient (Wildman–Crippen LogP) is 2.71. The lowest BCUT2D eigenvalue weighted by molar-refractivity contribution is -0.122. The fraction of sp³-hybridized carbons (Fsp3) is 0.500. The molecule has 0 bridgehead atoms. The minimum atomic E-state index is -0.397. The standard InChI is InChI=1S/C16H18ClFN4OS/c17-12-4-10(18)5-13-14(12)20-16(24-13)21-15(23)9-2-1-3-22(8-9)11-6-19-7-11/h4-5,9,11,19H,1-3,6-8H2,(H,20,21,23). The molecule has 2 fully saturated rings. The van der Waals surface area contributed by atoms with E-state index in [4.69, 9.17) is 11.6 Å². The van der Waals surface area contributed by atoms with E-state index >= 15 is 0 Å². The molecule has 0 saturated carbocycles. The van der Waals surface area contributed by atoms with Crippen LogP contribution in [0.25, 0.3) is 10.2 Å². The van der Waals surface area contributed by atoms with Gasteiger partial charge in [0.2, 0.25) is 5.91 Å². The molecule has 5 nitrogen and oxygen atoms in total. The average Bonchev–Trinajstić information content (AvgIpc) is 2.88. The van der Waals surface area contributed by atoms with Gasteiger partial charge in [-0.25, -0.2) is 9.37 Å². The number of likely N-dealkylation sites (tertiary alicyclic amines) is 1. The molecule has 1 aromatic carbocycles. The Balaban J connectivity index is 1.46. The number of benzene rings is 1. The molecule has 24 heavy (non-hydrogen) atoms. The Kier molecular flexibility index (Phi) is 4.42. The van der Waals surface area contributed by atoms with Crippen molar-refractivity contribution in [1.29, 1.82) is 0 Å². The molecule has 1 unspecified atom stereocenters. The van der Waals surface area contributed by atoms with Crippen LogP contribution >= 0.6 is 22.9 Å². The van der Waals surface area contributed by atoms with Gasteiger partial charge in [0.1, 0.15) is 11.3 Å². The fourth-order valence-corrected chi connectivity index (χ4v) is 4.53. The number of nitrogens with one attached hydrogen (secondary N) is 2. The van der Waals surface area contributed by atoms with E-state index in [1.54, 1.807) is 0 Å². The molecule has 1 atom stereocenters. The number of hydrogen-bond acceptors (Lipinski definition) is 5. The smallest absolute Gasteiger partial charge is 0.230 e. The summed E-state index contributed by atoms with van der Waals surface area (Å²) in [6.45, 7) is 3.87. The summed E-state index contributed by atoms with van der Waals surface area (Å²) in [5.74, 6) is -0.438. The van der Waals surface area contributed by atoms with Gasteiger partial charge in [-0.15, -0.1) is 0 Å². The lowest BCUT2D eigenvalue weighted by Gasteiger charge is -2.42. The molecule has 0 radical (unpaired) electrons. The van der Waals surface area contributed by atoms with E-state index in [0.29, 0.717) is 21.4 Å². The highest BCUT2D eigenvalue weighted by atomic mass is 35.5. The molecule has 4 rings (SSSR count). The van der Waals surface area contributed by atoms with Gasteiger partial charge in [0, 0.05) is 25.7 Å². The van der Waals surface area contributed by atoms with E-state index in [0.717, 1.165) is 39.0 Å². The number of aromatic nitrogens is 1. The maximum atomic E-state index is 13.4. The normalized spacial score (nSPS) is 22.5. The summed E-state index contributed by atoms with van der Waals surface area (Å²) in [6.07, 6.45) is 1.92. The lowest BCUT2D eigenvalue weighted by Crippen LogP contribution is -2.59. The molecular formula is C16H18ClFN4OS. The zero-order valence-corrected chi connectivity index (χ0v) is 14.6. The largest absolute Gasteiger partial charge is 0.314 e. The summed E-state index contributed by atoms with van der Waals surface area (Å²) < 4.78 is 14.1. The molecule has 3 heterocycles. The lowest BCUT2D eigenvalue weighted by atomic mass is 9.95. The van der Waals surface area contributed by atoms with Gasteiger partial charge < -0.3 is 10.6 Å². The maximum absolute atomic E-state index is 13.4. The highest BCUT2D eigenvalue weighted by Gasteiger charge is 2.32. The molecular weight excluding hydrogens is 351 g/mol. The van der Waals surface area contributed by atoms with Crippen LogP contribution in [0.4, 0.5) is 9.52 Å². The quantitative estimate of drug-likeness (QED) is 0.874. The van der Waals surface area contributed by atoms with Crippen LogP contribution in [0.2, 0.25) is 5.02 Å². The summed E-state index contributed by atoms with van der Waals surface area (Å²) in [6, 6.07) is 3.19. The molecule has 0 spiro atoms. The second kappa shape index (κ2) is 6.55. The maximum Gasteiger partial charge on any atom is 0.230 e. The van der Waals surface area contributed by atoms with Crippen molar-refractivity contribution in [2.24, 2.45) is 5.92 Å². The van der Waals surface area contributed by atoms with E-state index in [-0.39, 0.29) is 16.8 Å². The number of thiazole rings is 1. The van der Waals surface area contributed by atoms with Gasteiger partial charge in [-0.3, -0.25) is 9.69 Å². The van der Waals surface area contributed by atoms with Gasteiger partial charge in [-0.05, 0) is 31.5 Å². The van der Waals surface area contributed by atoms with Crippen molar-refractivity contribution in [2.75, 3.05) is 31.5 Å². The third-order valence-electron chi connectivity index (χ3n) is 4.74. The summed E-state index contributed by atoms with van der Waals surface area (Å²) in [5, 5.41) is 6.91. The Morgan fingerprint density at radius 3 is 3.04 bits per heavy atom. The van der Waals surface area contributed by atoms with Crippen LogP contribution in [0.5, 0.6) is 0 Å². The molecule has 2 saturated heterocycles. The molecule has 2 aliphatic rings. The Morgan fingerprint density at radius 2 is 2.29 bits per heavy atom.